The first-order valence-electron chi connectivity index (χ1n) is 3.87. The number of hydrogen-bond donors (Lipinski definition) is 1. The van der Waals surface area contributed by atoms with E-state index >= 15 is 0 Å². The predicted molar refractivity (Wildman–Crippen MR) is 42.5 cm³/mol. The fraction of sp³-hybridized carbons (Fsp3) is 0.286. The Labute approximate surface area is 89.7 Å². The smallest absolute Gasteiger partial charge is 0.426 e. The van der Waals surface area contributed by atoms with Gasteiger partial charge in [-0.3, -0.25) is 10.1 Å². The zero-order chi connectivity index (χ0) is 13.4. The first-order chi connectivity index (χ1) is 7.66. The minimum Gasteiger partial charge on any atom is -0.505 e. The van der Waals surface area contributed by atoms with Gasteiger partial charge in [-0.25, -0.2) is 13.8 Å². The molecule has 0 unspecified atom stereocenters. The Morgan fingerprint density at radius 3 is 2.29 bits per heavy atom. The van der Waals surface area contributed by atoms with E-state index in [9.17, 15) is 32.1 Å². The monoisotopic (exact) mass is 258 g/mol. The Bertz CT molecular complexity index is 460. The molecule has 0 aliphatic carbocycles. The van der Waals surface area contributed by atoms with E-state index in [1.807, 2.05) is 0 Å². The van der Waals surface area contributed by atoms with Gasteiger partial charge in [0, 0.05) is 0 Å². The normalized spacial score (nSPS) is 11.9. The predicted octanol–water partition coefficient (Wildman–Crippen LogP) is 2.65. The third-order valence-corrected chi connectivity index (χ3v) is 1.75. The second-order valence-electron chi connectivity index (χ2n) is 2.81. The summed E-state index contributed by atoms with van der Waals surface area (Å²) in [4.78, 5) is 11.5. The van der Waals surface area contributed by atoms with E-state index in [2.05, 4.69) is 4.98 Å². The zero-order valence-electron chi connectivity index (χ0n) is 7.70. The molecule has 0 radical (unpaired) electrons. The number of pyridine rings is 1. The van der Waals surface area contributed by atoms with Crippen LogP contribution in [-0.4, -0.2) is 15.0 Å². The van der Waals surface area contributed by atoms with E-state index in [-0.39, 0.29) is 6.20 Å². The van der Waals surface area contributed by atoms with Crippen molar-refractivity contribution >= 4 is 5.69 Å². The Balaban J connectivity index is 3.60. The molecular formula is C7H3F5N2O3. The number of rotatable bonds is 2. The fourth-order valence-corrected chi connectivity index (χ4v) is 1.08. The number of nitrogens with zero attached hydrogens (tertiary/aromatic N) is 2. The van der Waals surface area contributed by atoms with Gasteiger partial charge in [-0.15, -0.1) is 0 Å². The molecule has 0 spiro atoms. The molecule has 0 fully saturated rings. The summed E-state index contributed by atoms with van der Waals surface area (Å²) in [5, 5.41) is 19.2. The highest BCUT2D eigenvalue weighted by Gasteiger charge is 2.44. The van der Waals surface area contributed by atoms with Crippen LogP contribution < -0.4 is 0 Å². The molecule has 0 saturated carbocycles. The van der Waals surface area contributed by atoms with Crippen LogP contribution in [0.4, 0.5) is 27.6 Å². The summed E-state index contributed by atoms with van der Waals surface area (Å²) in [5.41, 5.74) is -5.27. The molecule has 1 rings (SSSR count). The van der Waals surface area contributed by atoms with E-state index < -0.39 is 40.2 Å². The van der Waals surface area contributed by atoms with Gasteiger partial charge in [0.15, 0.2) is 11.3 Å². The molecule has 17 heavy (non-hydrogen) atoms. The maximum Gasteiger partial charge on any atom is 0.426 e. The van der Waals surface area contributed by atoms with Crippen LogP contribution in [0.2, 0.25) is 0 Å². The van der Waals surface area contributed by atoms with Gasteiger partial charge in [0.05, 0.1) is 4.92 Å². The first-order valence-corrected chi connectivity index (χ1v) is 3.87. The Morgan fingerprint density at radius 1 is 1.41 bits per heavy atom. The third-order valence-electron chi connectivity index (χ3n) is 1.75. The molecule has 5 nitrogen and oxygen atoms in total. The van der Waals surface area contributed by atoms with Gasteiger partial charge in [-0.2, -0.15) is 13.2 Å². The topological polar surface area (TPSA) is 76.3 Å². The average molecular weight is 258 g/mol. The van der Waals surface area contributed by atoms with Crippen LogP contribution in [0.3, 0.4) is 0 Å². The van der Waals surface area contributed by atoms with Crippen LogP contribution in [0.15, 0.2) is 6.20 Å². The lowest BCUT2D eigenvalue weighted by atomic mass is 10.1. The molecule has 0 atom stereocenters. The highest BCUT2D eigenvalue weighted by atomic mass is 19.4. The molecule has 94 valence electrons. The van der Waals surface area contributed by atoms with Crippen LogP contribution in [0.1, 0.15) is 17.7 Å². The lowest BCUT2D eigenvalue weighted by Gasteiger charge is -2.11. The van der Waals surface area contributed by atoms with Gasteiger partial charge in [-0.1, -0.05) is 0 Å². The molecule has 0 amide bonds. The summed E-state index contributed by atoms with van der Waals surface area (Å²) in [6.07, 6.45) is -8.78. The van der Waals surface area contributed by atoms with Crippen LogP contribution in [0.25, 0.3) is 0 Å². The van der Waals surface area contributed by atoms with Crippen molar-refractivity contribution in [2.75, 3.05) is 0 Å². The van der Waals surface area contributed by atoms with Crippen molar-refractivity contribution in [1.82, 2.24) is 4.98 Å². The molecule has 0 bridgehead atoms. The number of aromatic nitrogens is 1. The van der Waals surface area contributed by atoms with Gasteiger partial charge in [0.1, 0.15) is 11.9 Å². The molecule has 1 aromatic rings. The number of aromatic hydroxyl groups is 1. The number of nitro groups is 1. The summed E-state index contributed by atoms with van der Waals surface area (Å²) in [6, 6.07) is 0. The molecule has 10 heteroatoms. The van der Waals surface area contributed by atoms with Crippen molar-refractivity contribution in [3.8, 4) is 5.75 Å². The summed E-state index contributed by atoms with van der Waals surface area (Å²) in [7, 11) is 0. The Hall–Kier alpha value is -2.00. The van der Waals surface area contributed by atoms with Gasteiger partial charge in [0.25, 0.3) is 6.43 Å². The van der Waals surface area contributed by atoms with Gasteiger partial charge in [-0.05, 0) is 0 Å². The van der Waals surface area contributed by atoms with Crippen LogP contribution in [0, 0.1) is 10.1 Å². The number of halogens is 5. The largest absolute Gasteiger partial charge is 0.505 e. The zero-order valence-corrected chi connectivity index (χ0v) is 7.70. The maximum absolute atomic E-state index is 12.4. The summed E-state index contributed by atoms with van der Waals surface area (Å²) in [5.74, 6) is -1.93. The summed E-state index contributed by atoms with van der Waals surface area (Å²) in [6.45, 7) is 0. The van der Waals surface area contributed by atoms with E-state index in [1.165, 1.54) is 0 Å². The van der Waals surface area contributed by atoms with Gasteiger partial charge in [0.2, 0.25) is 0 Å². The van der Waals surface area contributed by atoms with Crippen molar-refractivity contribution < 1.29 is 32.0 Å². The second-order valence-corrected chi connectivity index (χ2v) is 2.81. The highest BCUT2D eigenvalue weighted by Crippen LogP contribution is 2.44. The van der Waals surface area contributed by atoms with Gasteiger partial charge < -0.3 is 5.11 Å². The van der Waals surface area contributed by atoms with Crippen molar-refractivity contribution in [3.63, 3.8) is 0 Å². The van der Waals surface area contributed by atoms with Crippen molar-refractivity contribution in [2.24, 2.45) is 0 Å². The summed E-state index contributed by atoms with van der Waals surface area (Å²) >= 11 is 0. The Morgan fingerprint density at radius 2 is 1.94 bits per heavy atom. The molecule has 1 aromatic heterocycles. The third kappa shape index (κ3) is 2.40. The minimum atomic E-state index is -5.33. The van der Waals surface area contributed by atoms with Crippen molar-refractivity contribution in [2.45, 2.75) is 12.6 Å². The molecule has 0 aliphatic heterocycles. The molecule has 0 saturated heterocycles. The first kappa shape index (κ1) is 13.1. The highest BCUT2D eigenvalue weighted by molar-refractivity contribution is 5.51. The number of hydrogen-bond acceptors (Lipinski definition) is 4. The molecule has 1 N–H and O–H groups in total. The molecular weight excluding hydrogens is 255 g/mol. The molecule has 0 aromatic carbocycles. The van der Waals surface area contributed by atoms with E-state index in [4.69, 9.17) is 5.11 Å². The van der Waals surface area contributed by atoms with E-state index in [0.29, 0.717) is 0 Å². The second kappa shape index (κ2) is 4.11. The average Bonchev–Trinajstić information content (AvgIpc) is 2.14. The van der Waals surface area contributed by atoms with Crippen LogP contribution >= 0.6 is 0 Å². The minimum absolute atomic E-state index is 0.0318. The van der Waals surface area contributed by atoms with Crippen LogP contribution in [0.5, 0.6) is 5.75 Å². The standard InChI is InChI=1S/C7H3F5N2O3/c8-6(9)4-5(15)3(7(10,11)12)2(1-13-4)14(16)17/h1,6,15H. The Kier molecular flexibility index (Phi) is 3.16. The van der Waals surface area contributed by atoms with Gasteiger partial charge >= 0.3 is 11.9 Å². The van der Waals surface area contributed by atoms with E-state index in [0.717, 1.165) is 0 Å². The SMILES string of the molecule is O=[N+]([O-])c1cnc(C(F)F)c(O)c1C(F)(F)F. The lowest BCUT2D eigenvalue weighted by Crippen LogP contribution is -2.11. The van der Waals surface area contributed by atoms with Crippen molar-refractivity contribution in [3.05, 3.63) is 27.6 Å². The maximum atomic E-state index is 12.4. The van der Waals surface area contributed by atoms with Crippen molar-refractivity contribution in [1.29, 1.82) is 0 Å². The number of alkyl halides is 5. The lowest BCUT2D eigenvalue weighted by molar-refractivity contribution is -0.388. The molecule has 1 heterocycles. The molecule has 0 aliphatic rings. The van der Waals surface area contributed by atoms with E-state index in [1.54, 1.807) is 0 Å². The summed E-state index contributed by atoms with van der Waals surface area (Å²) < 4.78 is 61.5. The quantitative estimate of drug-likeness (QED) is 0.502. The van der Waals surface area contributed by atoms with Crippen LogP contribution in [-0.2, 0) is 6.18 Å². The fourth-order valence-electron chi connectivity index (χ4n) is 1.08.